The van der Waals surface area contributed by atoms with E-state index in [1.54, 1.807) is 18.2 Å². The highest BCUT2D eigenvalue weighted by Crippen LogP contribution is 2.24. The number of anilines is 1. The van der Waals surface area contributed by atoms with Crippen LogP contribution in [0.4, 0.5) is 18.9 Å². The zero-order valence-corrected chi connectivity index (χ0v) is 8.45. The predicted octanol–water partition coefficient (Wildman–Crippen LogP) is 2.74. The zero-order valence-electron chi connectivity index (χ0n) is 8.45. The highest BCUT2D eigenvalue weighted by atomic mass is 19.4. The van der Waals surface area contributed by atoms with E-state index >= 15 is 0 Å². The molecule has 0 saturated heterocycles. The Kier molecular flexibility index (Phi) is 2.71. The molecule has 0 fully saturated rings. The first-order chi connectivity index (χ1) is 7.98. The predicted molar refractivity (Wildman–Crippen MR) is 56.4 cm³/mol. The van der Waals surface area contributed by atoms with Crippen LogP contribution in [0.25, 0.3) is 10.8 Å². The molecule has 17 heavy (non-hydrogen) atoms. The van der Waals surface area contributed by atoms with Crippen molar-refractivity contribution >= 4 is 22.4 Å². The molecule has 1 aromatic heterocycles. The molecule has 88 valence electrons. The fraction of sp³-hybridized carbons (Fsp3) is 0.0909. The van der Waals surface area contributed by atoms with Gasteiger partial charge in [-0.15, -0.1) is 0 Å². The third-order valence-electron chi connectivity index (χ3n) is 2.19. The van der Waals surface area contributed by atoms with Gasteiger partial charge in [0.05, 0.1) is 5.69 Å². The van der Waals surface area contributed by atoms with E-state index in [0.29, 0.717) is 10.8 Å². The standard InChI is InChI=1S/C11H7F3N2O/c12-11(13,14)10(17)16-9-3-1-2-7-4-5-15-6-8(7)9/h1-6H,(H,16,17). The van der Waals surface area contributed by atoms with Crippen molar-refractivity contribution in [1.29, 1.82) is 0 Å². The SMILES string of the molecule is O=C(Nc1cccc2ccncc12)C(F)(F)F. The fourth-order valence-electron chi connectivity index (χ4n) is 1.42. The van der Waals surface area contributed by atoms with Gasteiger partial charge in [0.15, 0.2) is 0 Å². The van der Waals surface area contributed by atoms with Crippen LogP contribution in [0.5, 0.6) is 0 Å². The van der Waals surface area contributed by atoms with Crippen LogP contribution in [0.1, 0.15) is 0 Å². The number of amides is 1. The van der Waals surface area contributed by atoms with Gasteiger partial charge in [0.1, 0.15) is 0 Å². The third kappa shape index (κ3) is 2.35. The van der Waals surface area contributed by atoms with Gasteiger partial charge in [0, 0.05) is 17.8 Å². The van der Waals surface area contributed by atoms with Gasteiger partial charge in [0.2, 0.25) is 0 Å². The van der Waals surface area contributed by atoms with Gasteiger partial charge < -0.3 is 5.32 Å². The molecule has 2 aromatic rings. The Morgan fingerprint density at radius 2 is 2.00 bits per heavy atom. The summed E-state index contributed by atoms with van der Waals surface area (Å²) in [5.74, 6) is -1.99. The highest BCUT2D eigenvalue weighted by molar-refractivity contribution is 6.03. The van der Waals surface area contributed by atoms with Crippen LogP contribution in [0.2, 0.25) is 0 Å². The van der Waals surface area contributed by atoms with Crippen molar-refractivity contribution in [2.24, 2.45) is 0 Å². The van der Waals surface area contributed by atoms with Gasteiger partial charge in [-0.2, -0.15) is 13.2 Å². The van der Waals surface area contributed by atoms with Crippen LogP contribution in [0.15, 0.2) is 36.7 Å². The van der Waals surface area contributed by atoms with Crippen LogP contribution in [-0.4, -0.2) is 17.1 Å². The summed E-state index contributed by atoms with van der Waals surface area (Å²) in [4.78, 5) is 14.6. The Balaban J connectivity index is 2.40. The van der Waals surface area contributed by atoms with E-state index in [1.807, 2.05) is 5.32 Å². The Bertz CT molecular complexity index is 561. The van der Waals surface area contributed by atoms with Gasteiger partial charge in [0.25, 0.3) is 0 Å². The quantitative estimate of drug-likeness (QED) is 0.832. The lowest BCUT2D eigenvalue weighted by molar-refractivity contribution is -0.167. The molecule has 0 radical (unpaired) electrons. The summed E-state index contributed by atoms with van der Waals surface area (Å²) in [6.07, 6.45) is -1.97. The van der Waals surface area contributed by atoms with Crippen LogP contribution >= 0.6 is 0 Å². The van der Waals surface area contributed by atoms with E-state index in [0.717, 1.165) is 0 Å². The smallest absolute Gasteiger partial charge is 0.318 e. The Labute approximate surface area is 94.3 Å². The molecule has 1 amide bonds. The summed E-state index contributed by atoms with van der Waals surface area (Å²) in [5, 5.41) is 2.99. The normalized spacial score (nSPS) is 11.5. The molecule has 6 heteroatoms. The number of nitrogens with zero attached hydrogens (tertiary/aromatic N) is 1. The molecule has 1 heterocycles. The first kappa shape index (κ1) is 11.4. The number of halogens is 3. The Morgan fingerprint density at radius 1 is 1.24 bits per heavy atom. The molecule has 3 nitrogen and oxygen atoms in total. The van der Waals surface area contributed by atoms with E-state index < -0.39 is 12.1 Å². The lowest BCUT2D eigenvalue weighted by Gasteiger charge is -2.09. The summed E-state index contributed by atoms with van der Waals surface area (Å²) in [6.45, 7) is 0. The first-order valence-electron chi connectivity index (χ1n) is 4.69. The van der Waals surface area contributed by atoms with Crippen LogP contribution in [-0.2, 0) is 4.79 Å². The van der Waals surface area contributed by atoms with E-state index in [9.17, 15) is 18.0 Å². The van der Waals surface area contributed by atoms with Crippen molar-refractivity contribution in [2.75, 3.05) is 5.32 Å². The summed E-state index contributed by atoms with van der Waals surface area (Å²) >= 11 is 0. The molecule has 0 aliphatic heterocycles. The summed E-state index contributed by atoms with van der Waals surface area (Å²) in [7, 11) is 0. The van der Waals surface area contributed by atoms with Crippen LogP contribution in [0, 0.1) is 0 Å². The van der Waals surface area contributed by atoms with E-state index in [1.165, 1.54) is 18.5 Å². The largest absolute Gasteiger partial charge is 0.471 e. The Morgan fingerprint density at radius 3 is 2.71 bits per heavy atom. The minimum atomic E-state index is -4.90. The second-order valence-corrected chi connectivity index (χ2v) is 3.35. The molecule has 0 bridgehead atoms. The van der Waals surface area contributed by atoms with Crippen molar-refractivity contribution in [3.8, 4) is 0 Å². The van der Waals surface area contributed by atoms with Crippen LogP contribution in [0.3, 0.4) is 0 Å². The third-order valence-corrected chi connectivity index (χ3v) is 2.19. The second-order valence-electron chi connectivity index (χ2n) is 3.35. The molecular formula is C11H7F3N2O. The van der Waals surface area contributed by atoms with Gasteiger partial charge >= 0.3 is 12.1 Å². The maximum atomic E-state index is 12.1. The van der Waals surface area contributed by atoms with Crippen molar-refractivity contribution in [1.82, 2.24) is 4.98 Å². The molecule has 0 unspecified atom stereocenters. The number of alkyl halides is 3. The average molecular weight is 240 g/mol. The fourth-order valence-corrected chi connectivity index (χ4v) is 1.42. The average Bonchev–Trinajstić information content (AvgIpc) is 2.28. The van der Waals surface area contributed by atoms with E-state index in [4.69, 9.17) is 0 Å². The molecule has 1 N–H and O–H groups in total. The van der Waals surface area contributed by atoms with Crippen LogP contribution < -0.4 is 5.32 Å². The summed E-state index contributed by atoms with van der Waals surface area (Å²) in [6, 6.07) is 6.33. The Hall–Kier alpha value is -2.11. The number of benzene rings is 1. The highest BCUT2D eigenvalue weighted by Gasteiger charge is 2.38. The molecule has 0 aliphatic rings. The van der Waals surface area contributed by atoms with Crippen molar-refractivity contribution in [3.05, 3.63) is 36.7 Å². The number of carbonyl (C=O) groups excluding carboxylic acids is 1. The number of rotatable bonds is 1. The molecule has 2 rings (SSSR count). The molecule has 0 spiro atoms. The van der Waals surface area contributed by atoms with E-state index in [-0.39, 0.29) is 5.69 Å². The number of fused-ring (bicyclic) bond motifs is 1. The maximum absolute atomic E-state index is 12.1. The van der Waals surface area contributed by atoms with Gasteiger partial charge in [-0.25, -0.2) is 0 Å². The minimum absolute atomic E-state index is 0.0953. The van der Waals surface area contributed by atoms with Gasteiger partial charge in [-0.3, -0.25) is 9.78 Å². The second kappa shape index (κ2) is 4.04. The number of pyridine rings is 1. The lowest BCUT2D eigenvalue weighted by Crippen LogP contribution is -2.29. The van der Waals surface area contributed by atoms with Crippen molar-refractivity contribution < 1.29 is 18.0 Å². The zero-order chi connectivity index (χ0) is 12.5. The minimum Gasteiger partial charge on any atom is -0.318 e. The molecule has 0 aliphatic carbocycles. The number of nitrogens with one attached hydrogen (secondary N) is 1. The number of hydrogen-bond acceptors (Lipinski definition) is 2. The summed E-state index contributed by atoms with van der Waals surface area (Å²) in [5.41, 5.74) is 0.0953. The first-order valence-corrected chi connectivity index (χ1v) is 4.69. The molecular weight excluding hydrogens is 233 g/mol. The summed E-state index contributed by atoms with van der Waals surface area (Å²) < 4.78 is 36.3. The number of carbonyl (C=O) groups is 1. The van der Waals surface area contributed by atoms with E-state index in [2.05, 4.69) is 4.98 Å². The maximum Gasteiger partial charge on any atom is 0.471 e. The lowest BCUT2D eigenvalue weighted by atomic mass is 10.1. The molecule has 0 atom stereocenters. The number of hydrogen-bond donors (Lipinski definition) is 1. The monoisotopic (exact) mass is 240 g/mol. The van der Waals surface area contributed by atoms with Crippen molar-refractivity contribution in [3.63, 3.8) is 0 Å². The van der Waals surface area contributed by atoms with Gasteiger partial charge in [-0.05, 0) is 17.5 Å². The molecule has 0 saturated carbocycles. The van der Waals surface area contributed by atoms with Crippen molar-refractivity contribution in [2.45, 2.75) is 6.18 Å². The topological polar surface area (TPSA) is 42.0 Å². The molecule has 1 aromatic carbocycles. The number of aromatic nitrogens is 1. The van der Waals surface area contributed by atoms with Gasteiger partial charge in [-0.1, -0.05) is 12.1 Å².